The van der Waals surface area contributed by atoms with E-state index >= 15 is 0 Å². The highest BCUT2D eigenvalue weighted by molar-refractivity contribution is 6.11. The molecule has 1 atom stereocenters. The Morgan fingerprint density at radius 3 is 2.19 bits per heavy atom. The van der Waals surface area contributed by atoms with Crippen LogP contribution >= 0.6 is 0 Å². The molecule has 1 rings (SSSR count). The van der Waals surface area contributed by atoms with Crippen LogP contribution in [0.5, 0.6) is 0 Å². The van der Waals surface area contributed by atoms with Crippen LogP contribution in [0, 0.1) is 5.41 Å². The standard InChI is InChI=1S/C14H22N2O5/c1-13(2,3)8-14(11(18)19)9(6-15(4)5)10(17)7-16(14)12(20)21/h6H,7-8H2,1-5H3,(H,18,19)(H,20,21)/b9-6-. The number of amides is 1. The van der Waals surface area contributed by atoms with E-state index in [1.165, 1.54) is 6.20 Å². The molecule has 0 aromatic carbocycles. The van der Waals surface area contributed by atoms with Crippen molar-refractivity contribution in [3.05, 3.63) is 11.8 Å². The molecule has 1 saturated heterocycles. The monoisotopic (exact) mass is 298 g/mol. The van der Waals surface area contributed by atoms with Crippen LogP contribution in [0.25, 0.3) is 0 Å². The molecule has 7 heteroatoms. The van der Waals surface area contributed by atoms with Gasteiger partial charge in [-0.1, -0.05) is 20.8 Å². The summed E-state index contributed by atoms with van der Waals surface area (Å²) in [6.45, 7) is 5.01. The Hall–Kier alpha value is -2.05. The fraction of sp³-hybridized carbons (Fsp3) is 0.643. The summed E-state index contributed by atoms with van der Waals surface area (Å²) in [5.41, 5.74) is -2.30. The Kier molecular flexibility index (Phi) is 4.36. The molecule has 0 saturated carbocycles. The van der Waals surface area contributed by atoms with Gasteiger partial charge in [0.05, 0.1) is 6.54 Å². The second kappa shape index (κ2) is 5.38. The number of ketones is 1. The summed E-state index contributed by atoms with van der Waals surface area (Å²) < 4.78 is 0. The largest absolute Gasteiger partial charge is 0.479 e. The minimum atomic E-state index is -1.84. The first kappa shape index (κ1) is 17.0. The minimum Gasteiger partial charge on any atom is -0.479 e. The van der Waals surface area contributed by atoms with E-state index in [1.807, 2.05) is 20.8 Å². The Balaban J connectivity index is 3.57. The summed E-state index contributed by atoms with van der Waals surface area (Å²) in [5, 5.41) is 19.1. The molecule has 1 heterocycles. The van der Waals surface area contributed by atoms with Gasteiger partial charge in [-0.05, 0) is 11.8 Å². The van der Waals surface area contributed by atoms with Gasteiger partial charge in [0.1, 0.15) is 0 Å². The van der Waals surface area contributed by atoms with Gasteiger partial charge in [-0.25, -0.2) is 9.59 Å². The number of hydrogen-bond donors (Lipinski definition) is 2. The average Bonchev–Trinajstić information content (AvgIpc) is 2.52. The van der Waals surface area contributed by atoms with Gasteiger partial charge >= 0.3 is 12.1 Å². The molecule has 1 unspecified atom stereocenters. The zero-order valence-corrected chi connectivity index (χ0v) is 13.0. The van der Waals surface area contributed by atoms with Crippen molar-refractivity contribution in [1.29, 1.82) is 0 Å². The number of rotatable bonds is 3. The minimum absolute atomic E-state index is 0.0114. The molecule has 1 aliphatic heterocycles. The second-order valence-electron chi connectivity index (χ2n) is 6.70. The SMILES string of the molecule is CN(C)/C=C1/C(=O)CN(C(=O)O)C1(CC(C)(C)C)C(=O)O. The topological polar surface area (TPSA) is 98.2 Å². The summed E-state index contributed by atoms with van der Waals surface area (Å²) >= 11 is 0. The molecule has 0 radical (unpaired) electrons. The zero-order valence-electron chi connectivity index (χ0n) is 13.0. The molecule has 0 aliphatic carbocycles. The van der Waals surface area contributed by atoms with E-state index in [0.29, 0.717) is 0 Å². The van der Waals surface area contributed by atoms with Crippen LogP contribution in [0.2, 0.25) is 0 Å². The first-order chi connectivity index (χ1) is 9.41. The van der Waals surface area contributed by atoms with Gasteiger partial charge < -0.3 is 15.1 Å². The molecular weight excluding hydrogens is 276 g/mol. The highest BCUT2D eigenvalue weighted by Crippen LogP contribution is 2.42. The van der Waals surface area contributed by atoms with Crippen LogP contribution in [-0.4, -0.2) is 64.0 Å². The molecule has 21 heavy (non-hydrogen) atoms. The quantitative estimate of drug-likeness (QED) is 0.761. The number of carbonyl (C=O) groups is 3. The van der Waals surface area contributed by atoms with Crippen molar-refractivity contribution in [3.63, 3.8) is 0 Å². The smallest absolute Gasteiger partial charge is 0.408 e. The number of nitrogens with zero attached hydrogens (tertiary/aromatic N) is 2. The first-order valence-electron chi connectivity index (χ1n) is 6.57. The highest BCUT2D eigenvalue weighted by atomic mass is 16.4. The van der Waals surface area contributed by atoms with Crippen molar-refractivity contribution >= 4 is 17.8 Å². The van der Waals surface area contributed by atoms with Crippen LogP contribution in [0.15, 0.2) is 11.8 Å². The molecule has 1 amide bonds. The van der Waals surface area contributed by atoms with Crippen LogP contribution in [0.1, 0.15) is 27.2 Å². The van der Waals surface area contributed by atoms with Crippen molar-refractivity contribution in [2.45, 2.75) is 32.7 Å². The molecule has 118 valence electrons. The maximum atomic E-state index is 12.2. The Labute approximate surface area is 123 Å². The Morgan fingerprint density at radius 1 is 1.33 bits per heavy atom. The van der Waals surface area contributed by atoms with Crippen molar-refractivity contribution in [2.75, 3.05) is 20.6 Å². The second-order valence-corrected chi connectivity index (χ2v) is 6.70. The Morgan fingerprint density at radius 2 is 1.86 bits per heavy atom. The van der Waals surface area contributed by atoms with Crippen LogP contribution in [0.3, 0.4) is 0 Å². The van der Waals surface area contributed by atoms with Crippen LogP contribution in [0.4, 0.5) is 4.79 Å². The van der Waals surface area contributed by atoms with E-state index in [0.717, 1.165) is 4.90 Å². The number of likely N-dealkylation sites (tertiary alicyclic amines) is 1. The maximum Gasteiger partial charge on any atom is 0.408 e. The van der Waals surface area contributed by atoms with E-state index in [-0.39, 0.29) is 12.0 Å². The summed E-state index contributed by atoms with van der Waals surface area (Å²) in [6, 6.07) is 0. The van der Waals surface area contributed by atoms with Crippen molar-refractivity contribution in [2.24, 2.45) is 5.41 Å². The van der Waals surface area contributed by atoms with Crippen molar-refractivity contribution in [1.82, 2.24) is 9.80 Å². The lowest BCUT2D eigenvalue weighted by Crippen LogP contribution is -2.55. The molecule has 2 N–H and O–H groups in total. The summed E-state index contributed by atoms with van der Waals surface area (Å²) in [6.07, 6.45) is 0.0233. The zero-order chi connectivity index (χ0) is 16.6. The molecule has 0 aromatic rings. The van der Waals surface area contributed by atoms with Crippen molar-refractivity contribution in [3.8, 4) is 0 Å². The van der Waals surface area contributed by atoms with Gasteiger partial charge in [-0.15, -0.1) is 0 Å². The van der Waals surface area contributed by atoms with Gasteiger partial charge in [0, 0.05) is 25.9 Å². The predicted octanol–water partition coefficient (Wildman–Crippen LogP) is 1.25. The fourth-order valence-corrected chi connectivity index (χ4v) is 2.67. The van der Waals surface area contributed by atoms with Gasteiger partial charge in [-0.3, -0.25) is 9.69 Å². The predicted molar refractivity (Wildman–Crippen MR) is 75.9 cm³/mol. The van der Waals surface area contributed by atoms with Crippen LogP contribution in [-0.2, 0) is 9.59 Å². The molecule has 0 aromatic heterocycles. The lowest BCUT2D eigenvalue weighted by molar-refractivity contribution is -0.148. The molecule has 1 aliphatic rings. The van der Waals surface area contributed by atoms with Gasteiger partial charge in [-0.2, -0.15) is 0 Å². The van der Waals surface area contributed by atoms with Gasteiger partial charge in [0.2, 0.25) is 0 Å². The molecule has 1 fully saturated rings. The Bertz CT molecular complexity index is 504. The van der Waals surface area contributed by atoms with Gasteiger partial charge in [0.25, 0.3) is 0 Å². The molecule has 7 nitrogen and oxygen atoms in total. The number of Topliss-reactive ketones (excluding diaryl/α,β-unsaturated/α-hetero) is 1. The average molecular weight is 298 g/mol. The third kappa shape index (κ3) is 3.17. The third-order valence-corrected chi connectivity index (χ3v) is 3.27. The lowest BCUT2D eigenvalue weighted by atomic mass is 9.76. The van der Waals surface area contributed by atoms with E-state index < -0.39 is 35.3 Å². The third-order valence-electron chi connectivity index (χ3n) is 3.27. The van der Waals surface area contributed by atoms with E-state index in [2.05, 4.69) is 0 Å². The first-order valence-corrected chi connectivity index (χ1v) is 6.57. The number of carbonyl (C=O) groups excluding carboxylic acids is 1. The fourth-order valence-electron chi connectivity index (χ4n) is 2.67. The lowest BCUT2D eigenvalue weighted by Gasteiger charge is -2.37. The molecule has 0 spiro atoms. The number of hydrogen-bond acceptors (Lipinski definition) is 4. The normalized spacial score (nSPS) is 24.5. The van der Waals surface area contributed by atoms with Crippen molar-refractivity contribution < 1.29 is 24.6 Å². The maximum absolute atomic E-state index is 12.2. The van der Waals surface area contributed by atoms with E-state index in [4.69, 9.17) is 0 Å². The number of aliphatic carboxylic acids is 1. The summed E-state index contributed by atoms with van der Waals surface area (Å²) in [7, 11) is 3.32. The molecule has 0 bridgehead atoms. The van der Waals surface area contributed by atoms with E-state index in [9.17, 15) is 24.6 Å². The van der Waals surface area contributed by atoms with Crippen LogP contribution < -0.4 is 0 Å². The molecular formula is C14H22N2O5. The van der Waals surface area contributed by atoms with E-state index in [1.54, 1.807) is 19.0 Å². The number of carboxylic acid groups (broad SMARTS) is 2. The summed E-state index contributed by atoms with van der Waals surface area (Å²) in [4.78, 5) is 37.8. The van der Waals surface area contributed by atoms with Gasteiger partial charge in [0.15, 0.2) is 11.3 Å². The number of carboxylic acids is 1. The summed E-state index contributed by atoms with van der Waals surface area (Å²) in [5.74, 6) is -1.79. The highest BCUT2D eigenvalue weighted by Gasteiger charge is 2.59.